The highest BCUT2D eigenvalue weighted by Crippen LogP contribution is 2.31. The van der Waals surface area contributed by atoms with Gasteiger partial charge < -0.3 is 10.1 Å². The van der Waals surface area contributed by atoms with Gasteiger partial charge in [-0.05, 0) is 45.4 Å². The molecule has 2 fully saturated rings. The van der Waals surface area contributed by atoms with Gasteiger partial charge in [0.05, 0.1) is 6.10 Å². The molecule has 0 radical (unpaired) electrons. The van der Waals surface area contributed by atoms with Gasteiger partial charge in [0, 0.05) is 18.7 Å². The van der Waals surface area contributed by atoms with Gasteiger partial charge in [-0.3, -0.25) is 0 Å². The quantitative estimate of drug-likeness (QED) is 0.775. The molecule has 0 heterocycles. The molecule has 0 aliphatic heterocycles. The molecule has 0 amide bonds. The highest BCUT2D eigenvalue weighted by atomic mass is 16.5. The van der Waals surface area contributed by atoms with Crippen molar-refractivity contribution in [1.29, 1.82) is 0 Å². The first-order valence-corrected chi connectivity index (χ1v) is 6.52. The number of nitrogens with one attached hydrogen (secondary N) is 1. The average Bonchev–Trinajstić information content (AvgIpc) is 2.65. The van der Waals surface area contributed by atoms with Crippen LogP contribution in [0.1, 0.15) is 58.3 Å². The van der Waals surface area contributed by atoms with Crippen LogP contribution in [0.2, 0.25) is 0 Å². The summed E-state index contributed by atoms with van der Waals surface area (Å²) in [6.07, 6.45) is 11.2. The van der Waals surface area contributed by atoms with E-state index >= 15 is 0 Å². The summed E-state index contributed by atoms with van der Waals surface area (Å²) in [7, 11) is 1.85. The van der Waals surface area contributed by atoms with Gasteiger partial charge >= 0.3 is 0 Å². The third-order valence-corrected chi connectivity index (χ3v) is 4.22. The summed E-state index contributed by atoms with van der Waals surface area (Å²) in [6, 6.07) is 0.701. The summed E-state index contributed by atoms with van der Waals surface area (Å²) in [5, 5.41) is 3.88. The molecule has 2 unspecified atom stereocenters. The molecule has 2 atom stereocenters. The van der Waals surface area contributed by atoms with Crippen molar-refractivity contribution in [2.75, 3.05) is 7.11 Å². The zero-order chi connectivity index (χ0) is 10.7. The lowest BCUT2D eigenvalue weighted by molar-refractivity contribution is 0.0533. The fourth-order valence-corrected chi connectivity index (χ4v) is 3.28. The summed E-state index contributed by atoms with van der Waals surface area (Å²) >= 11 is 0. The Hall–Kier alpha value is -0.0800. The van der Waals surface area contributed by atoms with Crippen LogP contribution in [0.15, 0.2) is 0 Å². The molecule has 0 aromatic rings. The largest absolute Gasteiger partial charge is 0.381 e. The van der Waals surface area contributed by atoms with E-state index in [4.69, 9.17) is 4.74 Å². The molecular weight excluding hydrogens is 186 g/mol. The maximum Gasteiger partial charge on any atom is 0.0586 e. The highest BCUT2D eigenvalue weighted by molar-refractivity contribution is 4.92. The van der Waals surface area contributed by atoms with Crippen LogP contribution in [0.3, 0.4) is 0 Å². The van der Waals surface area contributed by atoms with Crippen LogP contribution in [0.5, 0.6) is 0 Å². The first-order valence-electron chi connectivity index (χ1n) is 6.52. The molecule has 0 bridgehead atoms. The molecule has 88 valence electrons. The van der Waals surface area contributed by atoms with Crippen LogP contribution in [-0.2, 0) is 4.74 Å². The molecule has 0 aromatic heterocycles. The van der Waals surface area contributed by atoms with E-state index in [1.165, 1.54) is 51.4 Å². The van der Waals surface area contributed by atoms with Crippen LogP contribution < -0.4 is 5.32 Å². The number of ether oxygens (including phenoxy) is 1. The summed E-state index contributed by atoms with van der Waals surface area (Å²) in [5.41, 5.74) is 0.431. The van der Waals surface area contributed by atoms with Crippen molar-refractivity contribution >= 4 is 0 Å². The van der Waals surface area contributed by atoms with Gasteiger partial charge in [0.15, 0.2) is 0 Å². The van der Waals surface area contributed by atoms with E-state index in [0.29, 0.717) is 17.7 Å². The Morgan fingerprint density at radius 1 is 1.13 bits per heavy atom. The van der Waals surface area contributed by atoms with Gasteiger partial charge in [-0.15, -0.1) is 0 Å². The summed E-state index contributed by atoms with van der Waals surface area (Å²) < 4.78 is 5.48. The second-order valence-corrected chi connectivity index (χ2v) is 5.63. The molecule has 0 saturated heterocycles. The second kappa shape index (κ2) is 4.84. The van der Waals surface area contributed by atoms with Crippen molar-refractivity contribution in [2.24, 2.45) is 0 Å². The average molecular weight is 211 g/mol. The smallest absolute Gasteiger partial charge is 0.0586 e. The molecule has 2 rings (SSSR count). The molecule has 2 aliphatic rings. The second-order valence-electron chi connectivity index (χ2n) is 5.63. The molecule has 0 spiro atoms. The summed E-state index contributed by atoms with van der Waals surface area (Å²) in [6.45, 7) is 2.40. The number of hydrogen-bond donors (Lipinski definition) is 1. The van der Waals surface area contributed by atoms with E-state index in [-0.39, 0.29) is 0 Å². The standard InChI is InChI=1S/C13H25NO/c1-13(8-3-4-9-13)14-11-6-5-7-12(10-11)15-2/h11-12,14H,3-10H2,1-2H3. The van der Waals surface area contributed by atoms with E-state index in [0.717, 1.165) is 0 Å². The predicted octanol–water partition coefficient (Wildman–Crippen LogP) is 2.87. The Morgan fingerprint density at radius 3 is 2.53 bits per heavy atom. The third-order valence-electron chi connectivity index (χ3n) is 4.22. The maximum absolute atomic E-state index is 5.48. The van der Waals surface area contributed by atoms with Gasteiger partial charge in [-0.1, -0.05) is 12.8 Å². The molecule has 1 N–H and O–H groups in total. The topological polar surface area (TPSA) is 21.3 Å². The number of methoxy groups -OCH3 is 1. The lowest BCUT2D eigenvalue weighted by Crippen LogP contribution is -2.48. The van der Waals surface area contributed by atoms with Crippen LogP contribution in [0.4, 0.5) is 0 Å². The first kappa shape index (κ1) is 11.4. The summed E-state index contributed by atoms with van der Waals surface area (Å²) in [4.78, 5) is 0. The Labute approximate surface area is 93.8 Å². The van der Waals surface area contributed by atoms with Crippen molar-refractivity contribution in [3.8, 4) is 0 Å². The number of hydrogen-bond acceptors (Lipinski definition) is 2. The molecule has 2 nitrogen and oxygen atoms in total. The van der Waals surface area contributed by atoms with Gasteiger partial charge in [0.2, 0.25) is 0 Å². The highest BCUT2D eigenvalue weighted by Gasteiger charge is 2.32. The lowest BCUT2D eigenvalue weighted by atomic mass is 9.89. The Bertz CT molecular complexity index is 199. The van der Waals surface area contributed by atoms with Crippen LogP contribution in [0, 0.1) is 0 Å². The molecule has 2 saturated carbocycles. The van der Waals surface area contributed by atoms with Crippen molar-refractivity contribution in [3.63, 3.8) is 0 Å². The fraction of sp³-hybridized carbons (Fsp3) is 1.00. The van der Waals surface area contributed by atoms with Crippen LogP contribution in [0.25, 0.3) is 0 Å². The maximum atomic E-state index is 5.48. The molecule has 2 heteroatoms. The van der Waals surface area contributed by atoms with E-state index < -0.39 is 0 Å². The minimum absolute atomic E-state index is 0.431. The predicted molar refractivity (Wildman–Crippen MR) is 63.1 cm³/mol. The van der Waals surface area contributed by atoms with E-state index in [1.54, 1.807) is 0 Å². The van der Waals surface area contributed by atoms with E-state index in [9.17, 15) is 0 Å². The van der Waals surface area contributed by atoms with Crippen molar-refractivity contribution in [1.82, 2.24) is 5.32 Å². The minimum Gasteiger partial charge on any atom is -0.381 e. The van der Waals surface area contributed by atoms with Crippen molar-refractivity contribution in [2.45, 2.75) is 76.0 Å². The minimum atomic E-state index is 0.431. The third kappa shape index (κ3) is 2.94. The van der Waals surface area contributed by atoms with E-state index in [2.05, 4.69) is 12.2 Å². The molecular formula is C13H25NO. The Balaban J connectivity index is 1.83. The Kier molecular flexibility index (Phi) is 3.68. The zero-order valence-corrected chi connectivity index (χ0v) is 10.2. The van der Waals surface area contributed by atoms with Crippen molar-refractivity contribution in [3.05, 3.63) is 0 Å². The fourth-order valence-electron chi connectivity index (χ4n) is 3.28. The van der Waals surface area contributed by atoms with Gasteiger partial charge in [-0.2, -0.15) is 0 Å². The normalized spacial score (nSPS) is 35.6. The van der Waals surface area contributed by atoms with Crippen LogP contribution >= 0.6 is 0 Å². The summed E-state index contributed by atoms with van der Waals surface area (Å²) in [5.74, 6) is 0. The monoisotopic (exact) mass is 211 g/mol. The van der Waals surface area contributed by atoms with Gasteiger partial charge in [0.25, 0.3) is 0 Å². The van der Waals surface area contributed by atoms with Crippen molar-refractivity contribution < 1.29 is 4.74 Å². The van der Waals surface area contributed by atoms with Gasteiger partial charge in [0.1, 0.15) is 0 Å². The SMILES string of the molecule is COC1CCCC(NC2(C)CCCC2)C1. The Morgan fingerprint density at radius 2 is 1.87 bits per heavy atom. The number of rotatable bonds is 3. The lowest BCUT2D eigenvalue weighted by Gasteiger charge is -2.36. The van der Waals surface area contributed by atoms with Crippen LogP contribution in [-0.4, -0.2) is 24.8 Å². The molecule has 2 aliphatic carbocycles. The van der Waals surface area contributed by atoms with E-state index in [1.807, 2.05) is 7.11 Å². The molecule has 0 aromatic carbocycles. The first-order chi connectivity index (χ1) is 7.22. The zero-order valence-electron chi connectivity index (χ0n) is 10.2. The molecule has 15 heavy (non-hydrogen) atoms. The van der Waals surface area contributed by atoms with Gasteiger partial charge in [-0.25, -0.2) is 0 Å².